The summed E-state index contributed by atoms with van der Waals surface area (Å²) in [6.45, 7) is 7.09. The first-order valence-corrected chi connectivity index (χ1v) is 16.8. The summed E-state index contributed by atoms with van der Waals surface area (Å²) in [5.74, 6) is -1.02. The number of nitrogens with zero attached hydrogens (tertiary/aromatic N) is 7. The first-order valence-electron chi connectivity index (χ1n) is 14.9. The minimum Gasteiger partial charge on any atom is -0.462 e. The number of hydrogen-bond donors (Lipinski definition) is 0. The summed E-state index contributed by atoms with van der Waals surface area (Å²) < 4.78 is 21.1. The van der Waals surface area contributed by atoms with Crippen molar-refractivity contribution < 1.29 is 13.9 Å². The van der Waals surface area contributed by atoms with Crippen molar-refractivity contribution >= 4 is 62.4 Å². The zero-order valence-electron chi connectivity index (χ0n) is 24.4. The van der Waals surface area contributed by atoms with E-state index in [4.69, 9.17) is 26.3 Å². The Hall–Kier alpha value is -3.21. The maximum absolute atomic E-state index is 13.8. The number of halogens is 3. The second-order valence-corrected chi connectivity index (χ2v) is 12.5. The first kappa shape index (κ1) is 30.8. The van der Waals surface area contributed by atoms with E-state index in [1.807, 2.05) is 18.2 Å². The second kappa shape index (κ2) is 13.4. The molecular weight excluding hydrogens is 696 g/mol. The fraction of sp³-hybridized carbons (Fsp3) is 0.438. The predicted molar refractivity (Wildman–Crippen MR) is 178 cm³/mol. The van der Waals surface area contributed by atoms with Crippen molar-refractivity contribution in [1.29, 1.82) is 5.26 Å². The number of amides is 1. The number of benzene rings is 2. The monoisotopic (exact) mass is 729 g/mol. The molecule has 0 N–H and O–H groups in total. The largest absolute Gasteiger partial charge is 0.462 e. The zero-order valence-corrected chi connectivity index (χ0v) is 27.3. The van der Waals surface area contributed by atoms with Crippen molar-refractivity contribution in [2.24, 2.45) is 0 Å². The molecule has 44 heavy (non-hydrogen) atoms. The average molecular weight is 730 g/mol. The molecule has 3 aromatic rings. The van der Waals surface area contributed by atoms with Gasteiger partial charge in [0.1, 0.15) is 12.4 Å². The van der Waals surface area contributed by atoms with Gasteiger partial charge in [-0.3, -0.25) is 9.69 Å². The quantitative estimate of drug-likeness (QED) is 0.130. The van der Waals surface area contributed by atoms with E-state index < -0.39 is 17.8 Å². The van der Waals surface area contributed by atoms with Crippen molar-refractivity contribution in [3.05, 3.63) is 65.1 Å². The van der Waals surface area contributed by atoms with Crippen LogP contribution in [0.15, 0.2) is 48.8 Å². The molecule has 9 nitrogen and oxygen atoms in total. The van der Waals surface area contributed by atoms with Crippen molar-refractivity contribution in [1.82, 2.24) is 19.8 Å². The van der Waals surface area contributed by atoms with Crippen LogP contribution in [0.3, 0.4) is 0 Å². The molecule has 0 unspecified atom stereocenters. The summed E-state index contributed by atoms with van der Waals surface area (Å²) in [6, 6.07) is 14.5. The molecule has 3 aliphatic rings. The van der Waals surface area contributed by atoms with Gasteiger partial charge < -0.3 is 19.4 Å². The Balaban J connectivity index is 1.33. The van der Waals surface area contributed by atoms with Crippen LogP contribution in [-0.2, 0) is 17.8 Å². The van der Waals surface area contributed by atoms with Crippen molar-refractivity contribution in [3.8, 4) is 12.1 Å². The number of anilines is 2. The molecule has 0 radical (unpaired) electrons. The van der Waals surface area contributed by atoms with Crippen LogP contribution in [0.1, 0.15) is 30.5 Å². The molecule has 4 heterocycles. The molecule has 1 aromatic heterocycles. The summed E-state index contributed by atoms with van der Waals surface area (Å²) in [4.78, 5) is 30.6. The van der Waals surface area contributed by atoms with Gasteiger partial charge in [0, 0.05) is 48.9 Å². The van der Waals surface area contributed by atoms with Gasteiger partial charge in [-0.1, -0.05) is 65.0 Å². The number of fused-ring (bicyclic) bond motifs is 2. The highest BCUT2D eigenvalue weighted by Gasteiger charge is 2.35. The van der Waals surface area contributed by atoms with Crippen LogP contribution in [0.25, 0.3) is 10.8 Å². The van der Waals surface area contributed by atoms with E-state index in [0.717, 1.165) is 64.0 Å². The molecule has 0 spiro atoms. The van der Waals surface area contributed by atoms with E-state index in [-0.39, 0.29) is 13.0 Å². The maximum atomic E-state index is 13.8. The SMILES string of the molecule is C=C(F)C(=O)N1CCN(c2nc(OC[C@@H]3CCCN3CI)nc3c2CCN(c2cccc4cccc(Cl)c24)C3)C[C@@H]1CC#N. The molecule has 0 saturated carbocycles. The number of carbonyl (C=O) groups excluding carboxylic acids is 1. The Kier molecular flexibility index (Phi) is 9.40. The molecule has 0 aliphatic carbocycles. The lowest BCUT2D eigenvalue weighted by molar-refractivity contribution is -0.131. The second-order valence-electron chi connectivity index (χ2n) is 11.4. The molecule has 2 fully saturated rings. The number of ether oxygens (including phenoxy) is 1. The molecule has 2 aromatic carbocycles. The Morgan fingerprint density at radius 3 is 2.73 bits per heavy atom. The molecular formula is C32H34ClFIN7O2. The van der Waals surface area contributed by atoms with E-state index in [0.29, 0.717) is 49.7 Å². The van der Waals surface area contributed by atoms with Crippen LogP contribution >= 0.6 is 34.2 Å². The van der Waals surface area contributed by atoms with Crippen LogP contribution in [0.4, 0.5) is 15.9 Å². The third-order valence-corrected chi connectivity index (χ3v) is 10.0. The fourth-order valence-corrected chi connectivity index (χ4v) is 7.80. The highest BCUT2D eigenvalue weighted by atomic mass is 127. The standard InChI is InChI=1S/C32H34ClFIN7O2/c1-21(34)31(43)42-16-15-40(17-23(42)10-12-36)30-25-11-14-39(28-9-3-6-22-5-2-8-26(33)29(22)28)18-27(25)37-32(38-30)44-19-24-7-4-13-41(24)20-35/h2-3,5-6,8-9,23-24H,1,4,7,10-11,13-20H2/t23-,24-/m0/s1. The normalized spacial score (nSPS) is 20.5. The minimum atomic E-state index is -1.02. The van der Waals surface area contributed by atoms with Crippen molar-refractivity contribution in [3.63, 3.8) is 0 Å². The number of likely N-dealkylation sites (tertiary alicyclic amines) is 1. The highest BCUT2D eigenvalue weighted by Crippen LogP contribution is 2.37. The van der Waals surface area contributed by atoms with Gasteiger partial charge in [0.25, 0.3) is 5.91 Å². The van der Waals surface area contributed by atoms with Crippen molar-refractivity contribution in [2.75, 3.05) is 53.7 Å². The van der Waals surface area contributed by atoms with Crippen LogP contribution in [0.2, 0.25) is 5.02 Å². The Morgan fingerprint density at radius 2 is 1.95 bits per heavy atom. The molecule has 2 saturated heterocycles. The predicted octanol–water partition coefficient (Wildman–Crippen LogP) is 5.50. The lowest BCUT2D eigenvalue weighted by atomic mass is 10.0. The van der Waals surface area contributed by atoms with Gasteiger partial charge in [0.2, 0.25) is 0 Å². The number of hydrogen-bond acceptors (Lipinski definition) is 8. The number of rotatable bonds is 8. The molecule has 6 rings (SSSR count). The highest BCUT2D eigenvalue weighted by molar-refractivity contribution is 14.1. The lowest BCUT2D eigenvalue weighted by Gasteiger charge is -2.42. The van der Waals surface area contributed by atoms with Gasteiger partial charge in [0.05, 0.1) is 40.3 Å². The van der Waals surface area contributed by atoms with Crippen LogP contribution in [-0.4, -0.2) is 81.6 Å². The van der Waals surface area contributed by atoms with Crippen LogP contribution in [0.5, 0.6) is 6.01 Å². The van der Waals surface area contributed by atoms with Gasteiger partial charge >= 0.3 is 6.01 Å². The van der Waals surface area contributed by atoms with Gasteiger partial charge in [-0.2, -0.15) is 15.2 Å². The minimum absolute atomic E-state index is 0.0790. The Labute approximate surface area is 275 Å². The lowest BCUT2D eigenvalue weighted by Crippen LogP contribution is -2.55. The fourth-order valence-electron chi connectivity index (χ4n) is 6.62. The summed E-state index contributed by atoms with van der Waals surface area (Å²) >= 11 is 9.08. The summed E-state index contributed by atoms with van der Waals surface area (Å²) in [7, 11) is 0. The zero-order chi connectivity index (χ0) is 30.8. The third kappa shape index (κ3) is 6.17. The van der Waals surface area contributed by atoms with Crippen LogP contribution in [0, 0.1) is 11.3 Å². The van der Waals surface area contributed by atoms with Gasteiger partial charge in [-0.25, -0.2) is 4.39 Å². The van der Waals surface area contributed by atoms with E-state index >= 15 is 0 Å². The molecule has 12 heteroatoms. The van der Waals surface area contributed by atoms with E-state index in [2.05, 4.69) is 68.1 Å². The van der Waals surface area contributed by atoms with Gasteiger partial charge in [0.15, 0.2) is 5.83 Å². The Morgan fingerprint density at radius 1 is 1.14 bits per heavy atom. The van der Waals surface area contributed by atoms with E-state index in [9.17, 15) is 14.4 Å². The first-order chi connectivity index (χ1) is 21.4. The number of aromatic nitrogens is 2. The molecule has 3 aliphatic heterocycles. The van der Waals surface area contributed by atoms with E-state index in [1.54, 1.807) is 0 Å². The third-order valence-electron chi connectivity index (χ3n) is 8.85. The van der Waals surface area contributed by atoms with Gasteiger partial charge in [-0.05, 0) is 43.3 Å². The average Bonchev–Trinajstić information content (AvgIpc) is 3.50. The molecule has 230 valence electrons. The number of alkyl halides is 1. The number of carbonyl (C=O) groups is 1. The Bertz CT molecular complexity index is 1610. The smallest absolute Gasteiger partial charge is 0.318 e. The number of piperazine rings is 1. The summed E-state index contributed by atoms with van der Waals surface area (Å²) in [6.07, 6.45) is 2.99. The van der Waals surface area contributed by atoms with E-state index in [1.165, 1.54) is 4.90 Å². The maximum Gasteiger partial charge on any atom is 0.318 e. The van der Waals surface area contributed by atoms with Crippen LogP contribution < -0.4 is 14.5 Å². The summed E-state index contributed by atoms with van der Waals surface area (Å²) in [5.41, 5.74) is 2.96. The number of nitriles is 1. The topological polar surface area (TPSA) is 88.8 Å². The molecule has 0 bridgehead atoms. The van der Waals surface area contributed by atoms with Crippen molar-refractivity contribution in [2.45, 2.75) is 44.3 Å². The molecule has 2 atom stereocenters. The summed E-state index contributed by atoms with van der Waals surface area (Å²) in [5, 5.41) is 12.3. The molecule has 1 amide bonds. The van der Waals surface area contributed by atoms with Gasteiger partial charge in [-0.15, -0.1) is 0 Å².